The van der Waals surface area contributed by atoms with E-state index in [1.807, 2.05) is 6.66 Å². The summed E-state index contributed by atoms with van der Waals surface area (Å²) in [6, 6.07) is 0. The molecule has 0 aromatic rings. The largest absolute Gasteiger partial charge is 0.449 e. The number of carbonyl (C=O) groups excluding carboxylic acids is 1. The Morgan fingerprint density at radius 1 is 0.750 bits per heavy atom. The quantitative estimate of drug-likeness (QED) is 0.264. The second-order valence-corrected chi connectivity index (χ2v) is 6.28. The summed E-state index contributed by atoms with van der Waals surface area (Å²) in [4.78, 5) is 11.1. The van der Waals surface area contributed by atoms with Gasteiger partial charge in [0.2, 0.25) is 0 Å². The third-order valence-corrected chi connectivity index (χ3v) is 4.13. The normalized spacial score (nSPS) is 11.3. The molecule has 0 fully saturated rings. The van der Waals surface area contributed by atoms with E-state index in [-0.39, 0.29) is 5.97 Å². The first-order chi connectivity index (χ1) is 9.81. The van der Waals surface area contributed by atoms with Gasteiger partial charge in [-0.05, 0) is 13.1 Å². The first kappa shape index (κ1) is 19.9. The minimum Gasteiger partial charge on any atom is -0.449 e. The zero-order valence-electron chi connectivity index (χ0n) is 13.7. The summed E-state index contributed by atoms with van der Waals surface area (Å²) in [5.41, 5.74) is 0. The smallest absolute Gasteiger partial charge is 0.308 e. The second-order valence-electron chi connectivity index (χ2n) is 5.67. The van der Waals surface area contributed by atoms with Crippen molar-refractivity contribution in [3.8, 4) is 0 Å². The summed E-state index contributed by atoms with van der Waals surface area (Å²) < 4.78 is 4.94. The average Bonchev–Trinajstić information content (AvgIpc) is 2.44. The highest BCUT2D eigenvalue weighted by atomic mass is 31.1. The van der Waals surface area contributed by atoms with Gasteiger partial charge in [-0.2, -0.15) is 0 Å². The Hall–Kier alpha value is -0.100. The summed E-state index contributed by atoms with van der Waals surface area (Å²) in [7, 11) is 0.300. The van der Waals surface area contributed by atoms with Crippen molar-refractivity contribution in [3.05, 3.63) is 0 Å². The van der Waals surface area contributed by atoms with Gasteiger partial charge in [-0.15, -0.1) is 0 Å². The summed E-state index contributed by atoms with van der Waals surface area (Å²) >= 11 is 0. The Bertz CT molecular complexity index is 207. The molecule has 0 aromatic heterocycles. The van der Waals surface area contributed by atoms with Gasteiger partial charge in [0.15, 0.2) is 0 Å². The fraction of sp³-hybridized carbons (Fsp3) is 0.941. The molecule has 0 N–H and O–H groups in total. The van der Waals surface area contributed by atoms with E-state index >= 15 is 0 Å². The Balaban J connectivity index is 3.01. The lowest BCUT2D eigenvalue weighted by Gasteiger charge is -2.03. The highest BCUT2D eigenvalue weighted by molar-refractivity contribution is 7.31. The SMILES string of the molecule is CCCCCCCCCCCCCCCC(=O)OPC. The van der Waals surface area contributed by atoms with Crippen LogP contribution in [0.4, 0.5) is 0 Å². The van der Waals surface area contributed by atoms with Crippen molar-refractivity contribution in [1.82, 2.24) is 0 Å². The van der Waals surface area contributed by atoms with Crippen molar-refractivity contribution in [2.75, 3.05) is 6.66 Å². The van der Waals surface area contributed by atoms with Crippen molar-refractivity contribution in [2.24, 2.45) is 0 Å². The van der Waals surface area contributed by atoms with Gasteiger partial charge in [-0.25, -0.2) is 0 Å². The van der Waals surface area contributed by atoms with E-state index in [0.29, 0.717) is 15.2 Å². The monoisotopic (exact) mass is 302 g/mol. The van der Waals surface area contributed by atoms with Gasteiger partial charge >= 0.3 is 5.97 Å². The standard InChI is InChI=1S/C17H35O2P/c1-3-4-5-6-7-8-9-10-11-12-13-14-15-16-17(18)19-20-2/h20H,3-16H2,1-2H3. The highest BCUT2D eigenvalue weighted by Gasteiger charge is 2.00. The maximum atomic E-state index is 11.1. The van der Waals surface area contributed by atoms with Crippen molar-refractivity contribution in [3.63, 3.8) is 0 Å². The molecule has 0 aliphatic heterocycles. The predicted molar refractivity (Wildman–Crippen MR) is 90.6 cm³/mol. The van der Waals surface area contributed by atoms with Gasteiger partial charge in [0.1, 0.15) is 0 Å². The first-order valence-corrected chi connectivity index (χ1v) is 10.1. The molecule has 0 heterocycles. The summed E-state index contributed by atoms with van der Waals surface area (Å²) in [6.07, 6.45) is 18.0. The zero-order valence-corrected chi connectivity index (χ0v) is 14.7. The minimum absolute atomic E-state index is 0.0195. The van der Waals surface area contributed by atoms with Crippen LogP contribution in [0.5, 0.6) is 0 Å². The molecule has 1 atom stereocenters. The van der Waals surface area contributed by atoms with Gasteiger partial charge in [0.25, 0.3) is 0 Å². The molecule has 0 saturated carbocycles. The summed E-state index contributed by atoms with van der Waals surface area (Å²) in [5.74, 6) is -0.0195. The van der Waals surface area contributed by atoms with Gasteiger partial charge in [0.05, 0.1) is 8.81 Å². The number of rotatable bonds is 15. The Labute approximate surface area is 128 Å². The van der Waals surface area contributed by atoms with Crippen LogP contribution in [0.3, 0.4) is 0 Å². The molecule has 20 heavy (non-hydrogen) atoms. The topological polar surface area (TPSA) is 26.3 Å². The molecule has 0 saturated heterocycles. The fourth-order valence-electron chi connectivity index (χ4n) is 2.45. The molecule has 0 aliphatic carbocycles. The minimum atomic E-state index is -0.0195. The van der Waals surface area contributed by atoms with E-state index in [9.17, 15) is 4.79 Å². The molecular weight excluding hydrogens is 267 g/mol. The molecule has 0 amide bonds. The molecule has 2 nitrogen and oxygen atoms in total. The van der Waals surface area contributed by atoms with Crippen LogP contribution >= 0.6 is 8.81 Å². The van der Waals surface area contributed by atoms with E-state index in [1.165, 1.54) is 77.0 Å². The lowest BCUT2D eigenvalue weighted by atomic mass is 10.0. The van der Waals surface area contributed by atoms with Crippen LogP contribution in [0.2, 0.25) is 0 Å². The van der Waals surface area contributed by atoms with Crippen LogP contribution in [0.25, 0.3) is 0 Å². The Morgan fingerprint density at radius 3 is 1.55 bits per heavy atom. The molecular formula is C17H35O2P. The van der Waals surface area contributed by atoms with Gasteiger partial charge in [-0.1, -0.05) is 84.0 Å². The number of hydrogen-bond acceptors (Lipinski definition) is 2. The Morgan fingerprint density at radius 2 is 1.15 bits per heavy atom. The second kappa shape index (κ2) is 17.0. The molecule has 120 valence electrons. The Kier molecular flexibility index (Phi) is 16.9. The van der Waals surface area contributed by atoms with E-state index in [2.05, 4.69) is 6.92 Å². The van der Waals surface area contributed by atoms with Crippen LogP contribution < -0.4 is 0 Å². The maximum absolute atomic E-state index is 11.1. The van der Waals surface area contributed by atoms with Gasteiger partial charge in [-0.3, -0.25) is 4.79 Å². The van der Waals surface area contributed by atoms with Gasteiger partial charge in [0, 0.05) is 6.42 Å². The average molecular weight is 302 g/mol. The summed E-state index contributed by atoms with van der Waals surface area (Å²) in [5, 5.41) is 0. The van der Waals surface area contributed by atoms with E-state index in [4.69, 9.17) is 4.52 Å². The van der Waals surface area contributed by atoms with Crippen LogP contribution in [0.1, 0.15) is 96.8 Å². The van der Waals surface area contributed by atoms with E-state index in [0.717, 1.165) is 6.42 Å². The maximum Gasteiger partial charge on any atom is 0.308 e. The molecule has 0 aromatic carbocycles. The lowest BCUT2D eigenvalue weighted by molar-refractivity contribution is -0.133. The summed E-state index contributed by atoms with van der Waals surface area (Å²) in [6.45, 7) is 4.16. The number of carbonyl (C=O) groups is 1. The highest BCUT2D eigenvalue weighted by Crippen LogP contribution is 2.14. The first-order valence-electron chi connectivity index (χ1n) is 8.67. The number of unbranched alkanes of at least 4 members (excludes halogenated alkanes) is 12. The third kappa shape index (κ3) is 16.0. The van der Waals surface area contributed by atoms with Crippen LogP contribution in [0, 0.1) is 0 Å². The molecule has 0 radical (unpaired) electrons. The van der Waals surface area contributed by atoms with Crippen LogP contribution in [-0.4, -0.2) is 12.6 Å². The van der Waals surface area contributed by atoms with Crippen molar-refractivity contribution in [1.29, 1.82) is 0 Å². The molecule has 0 rings (SSSR count). The van der Waals surface area contributed by atoms with E-state index < -0.39 is 0 Å². The molecule has 0 bridgehead atoms. The van der Waals surface area contributed by atoms with Crippen LogP contribution in [-0.2, 0) is 9.32 Å². The van der Waals surface area contributed by atoms with Crippen LogP contribution in [0.15, 0.2) is 0 Å². The van der Waals surface area contributed by atoms with Gasteiger partial charge < -0.3 is 4.52 Å². The molecule has 0 aliphatic rings. The fourth-order valence-corrected chi connectivity index (χ4v) is 2.78. The van der Waals surface area contributed by atoms with Crippen molar-refractivity contribution in [2.45, 2.75) is 96.8 Å². The van der Waals surface area contributed by atoms with E-state index in [1.54, 1.807) is 0 Å². The lowest BCUT2D eigenvalue weighted by Crippen LogP contribution is -1.96. The van der Waals surface area contributed by atoms with Crippen molar-refractivity contribution >= 4 is 14.8 Å². The van der Waals surface area contributed by atoms with Crippen molar-refractivity contribution < 1.29 is 9.32 Å². The predicted octanol–water partition coefficient (Wildman–Crippen LogP) is 6.23. The number of hydrogen-bond donors (Lipinski definition) is 0. The zero-order chi connectivity index (χ0) is 14.9. The molecule has 0 spiro atoms. The molecule has 1 unspecified atom stereocenters. The third-order valence-electron chi connectivity index (χ3n) is 3.70. The molecule has 3 heteroatoms.